The third kappa shape index (κ3) is 5.14. The number of hydrogen-bond donors (Lipinski definition) is 1. The van der Waals surface area contributed by atoms with Crippen LogP contribution >= 0.6 is 0 Å². The minimum atomic E-state index is -5.45. The van der Waals surface area contributed by atoms with Crippen molar-refractivity contribution in [3.8, 4) is 24.0 Å². The Balaban J connectivity index is 3.51. The Hall–Kier alpha value is -3.72. The zero-order valence-corrected chi connectivity index (χ0v) is 12.2. The maximum absolute atomic E-state index is 12.7. The molecule has 1 aromatic rings. The van der Waals surface area contributed by atoms with Crippen molar-refractivity contribution in [3.05, 3.63) is 35.0 Å². The molecule has 26 heavy (non-hydrogen) atoms. The number of alkyl halides is 6. The minimum Gasteiger partial charge on any atom is -0.406 e. The zero-order chi connectivity index (χ0) is 20.1. The van der Waals surface area contributed by atoms with Crippen LogP contribution in [-0.4, -0.2) is 18.3 Å². The summed E-state index contributed by atoms with van der Waals surface area (Å²) in [5.41, 5.74) is -3.66. The van der Waals surface area contributed by atoms with Crippen molar-refractivity contribution < 1.29 is 35.9 Å². The van der Waals surface area contributed by atoms with Gasteiger partial charge in [0.25, 0.3) is 5.78 Å². The summed E-state index contributed by atoms with van der Waals surface area (Å²) in [6.07, 6.45) is -10.7. The van der Waals surface area contributed by atoms with Gasteiger partial charge in [-0.25, -0.2) is 0 Å². The molecule has 0 saturated heterocycles. The highest BCUT2D eigenvalue weighted by Crippen LogP contribution is 2.32. The largest absolute Gasteiger partial charge is 0.573 e. The molecule has 0 aliphatic carbocycles. The quantitative estimate of drug-likeness (QED) is 0.490. The van der Waals surface area contributed by atoms with Crippen LogP contribution in [0.1, 0.15) is 10.4 Å². The fourth-order valence-electron chi connectivity index (χ4n) is 1.59. The number of nitriles is 3. The predicted molar refractivity (Wildman–Crippen MR) is 71.0 cm³/mol. The molecule has 134 valence electrons. The molecular formula is C14H4F6N4O2. The van der Waals surface area contributed by atoms with Crippen molar-refractivity contribution in [2.45, 2.75) is 12.5 Å². The van der Waals surface area contributed by atoms with E-state index in [2.05, 4.69) is 4.74 Å². The first-order valence-corrected chi connectivity index (χ1v) is 6.16. The number of anilines is 1. The summed E-state index contributed by atoms with van der Waals surface area (Å²) >= 11 is 0. The highest BCUT2D eigenvalue weighted by Gasteiger charge is 2.41. The third-order valence-electron chi connectivity index (χ3n) is 2.57. The van der Waals surface area contributed by atoms with Gasteiger partial charge in [-0.2, -0.15) is 29.0 Å². The van der Waals surface area contributed by atoms with Gasteiger partial charge in [0.1, 0.15) is 29.7 Å². The monoisotopic (exact) mass is 374 g/mol. The van der Waals surface area contributed by atoms with E-state index in [1.165, 1.54) is 18.2 Å². The van der Waals surface area contributed by atoms with Gasteiger partial charge < -0.3 is 10.1 Å². The first-order chi connectivity index (χ1) is 11.9. The van der Waals surface area contributed by atoms with Crippen LogP contribution in [0.15, 0.2) is 29.5 Å². The molecule has 1 aromatic carbocycles. The summed E-state index contributed by atoms with van der Waals surface area (Å²) in [4.78, 5) is 11.5. The molecule has 0 aliphatic rings. The van der Waals surface area contributed by atoms with Crippen LogP contribution in [0.25, 0.3) is 0 Å². The molecular weight excluding hydrogens is 370 g/mol. The molecule has 0 amide bonds. The molecule has 0 aromatic heterocycles. The number of ketones is 1. The zero-order valence-electron chi connectivity index (χ0n) is 12.2. The molecule has 1 N–H and O–H groups in total. The predicted octanol–water partition coefficient (Wildman–Crippen LogP) is 3.57. The summed E-state index contributed by atoms with van der Waals surface area (Å²) in [6.45, 7) is 0. The first kappa shape index (κ1) is 20.3. The minimum absolute atomic E-state index is 0.166. The fourth-order valence-corrected chi connectivity index (χ4v) is 1.59. The Kier molecular flexibility index (Phi) is 5.82. The number of benzene rings is 1. The summed E-state index contributed by atoms with van der Waals surface area (Å²) in [5.74, 6) is -3.64. The number of carbonyl (C=O) groups excluding carboxylic acids is 1. The second kappa shape index (κ2) is 7.45. The second-order valence-electron chi connectivity index (χ2n) is 4.29. The lowest BCUT2D eigenvalue weighted by molar-refractivity contribution is -0.274. The van der Waals surface area contributed by atoms with E-state index in [4.69, 9.17) is 15.8 Å². The Morgan fingerprint density at radius 1 is 1.00 bits per heavy atom. The average Bonchev–Trinajstić information content (AvgIpc) is 2.53. The second-order valence-corrected chi connectivity index (χ2v) is 4.29. The number of halogens is 6. The average molecular weight is 374 g/mol. The van der Waals surface area contributed by atoms with Gasteiger partial charge in [-0.15, -0.1) is 13.2 Å². The number of nitrogens with one attached hydrogen (secondary N) is 1. The van der Waals surface area contributed by atoms with E-state index in [0.717, 1.165) is 0 Å². The summed E-state index contributed by atoms with van der Waals surface area (Å²) in [5, 5.41) is 28.2. The van der Waals surface area contributed by atoms with Crippen LogP contribution in [0.3, 0.4) is 0 Å². The van der Waals surface area contributed by atoms with E-state index in [1.54, 1.807) is 0 Å². The van der Waals surface area contributed by atoms with Gasteiger partial charge in [0, 0.05) is 0 Å². The molecule has 6 nitrogen and oxygen atoms in total. The van der Waals surface area contributed by atoms with Gasteiger partial charge in [0.05, 0.1) is 11.3 Å². The van der Waals surface area contributed by atoms with Gasteiger partial charge in [-0.05, 0) is 18.2 Å². The third-order valence-corrected chi connectivity index (χ3v) is 2.57. The van der Waals surface area contributed by atoms with Crippen molar-refractivity contribution in [3.63, 3.8) is 0 Å². The number of carbonyl (C=O) groups is 1. The standard InChI is InChI=1S/C14H4F6N4O2/c15-13(16,17)12(25)9-3-8(26-14(18,19)20)1-2-10(9)24-11(6-23)7(4-21)5-22/h1-3,24H. The lowest BCUT2D eigenvalue weighted by Crippen LogP contribution is -2.24. The molecule has 0 aliphatic heterocycles. The van der Waals surface area contributed by atoms with Gasteiger partial charge >= 0.3 is 12.5 Å². The Morgan fingerprint density at radius 2 is 1.58 bits per heavy atom. The van der Waals surface area contributed by atoms with E-state index in [0.29, 0.717) is 12.1 Å². The van der Waals surface area contributed by atoms with Crippen LogP contribution in [0.5, 0.6) is 5.75 Å². The van der Waals surface area contributed by atoms with E-state index in [9.17, 15) is 31.1 Å². The van der Waals surface area contributed by atoms with Gasteiger partial charge in [0.2, 0.25) is 0 Å². The highest BCUT2D eigenvalue weighted by atomic mass is 19.4. The van der Waals surface area contributed by atoms with Crippen LogP contribution < -0.4 is 10.1 Å². The number of nitrogens with zero attached hydrogens (tertiary/aromatic N) is 3. The van der Waals surface area contributed by atoms with Crippen molar-refractivity contribution in [1.82, 2.24) is 0 Å². The van der Waals surface area contributed by atoms with Gasteiger partial charge in [-0.3, -0.25) is 4.79 Å². The molecule has 0 heterocycles. The van der Waals surface area contributed by atoms with E-state index < -0.39 is 46.6 Å². The summed E-state index contributed by atoms with van der Waals surface area (Å²) < 4.78 is 78.1. The summed E-state index contributed by atoms with van der Waals surface area (Å²) in [6, 6.07) is 5.27. The van der Waals surface area contributed by atoms with Crippen molar-refractivity contribution >= 4 is 11.5 Å². The van der Waals surface area contributed by atoms with E-state index >= 15 is 0 Å². The summed E-state index contributed by atoms with van der Waals surface area (Å²) in [7, 11) is 0. The lowest BCUT2D eigenvalue weighted by Gasteiger charge is -2.15. The van der Waals surface area contributed by atoms with E-state index in [1.807, 2.05) is 5.32 Å². The number of hydrogen-bond acceptors (Lipinski definition) is 6. The molecule has 0 saturated carbocycles. The van der Waals surface area contributed by atoms with Crippen molar-refractivity contribution in [2.75, 3.05) is 5.32 Å². The molecule has 0 fully saturated rings. The Morgan fingerprint density at radius 3 is 2.00 bits per heavy atom. The van der Waals surface area contributed by atoms with Crippen LogP contribution in [0.4, 0.5) is 32.0 Å². The molecule has 0 spiro atoms. The maximum Gasteiger partial charge on any atom is 0.573 e. The topological polar surface area (TPSA) is 110 Å². The molecule has 0 bridgehead atoms. The van der Waals surface area contributed by atoms with Crippen molar-refractivity contribution in [2.24, 2.45) is 0 Å². The highest BCUT2D eigenvalue weighted by molar-refractivity contribution is 6.05. The fraction of sp³-hybridized carbons (Fsp3) is 0.143. The molecule has 0 unspecified atom stereocenters. The number of Topliss-reactive ketones (excluding diaryl/α,β-unsaturated/α-hetero) is 1. The number of allylic oxidation sites excluding steroid dienone is 2. The maximum atomic E-state index is 12.7. The first-order valence-electron chi connectivity index (χ1n) is 6.16. The van der Waals surface area contributed by atoms with Gasteiger partial charge in [-0.1, -0.05) is 0 Å². The molecule has 0 radical (unpaired) electrons. The number of rotatable bonds is 4. The van der Waals surface area contributed by atoms with Crippen LogP contribution in [0.2, 0.25) is 0 Å². The van der Waals surface area contributed by atoms with Crippen molar-refractivity contribution in [1.29, 1.82) is 15.8 Å². The van der Waals surface area contributed by atoms with E-state index in [-0.39, 0.29) is 6.07 Å². The normalized spacial score (nSPS) is 10.7. The molecule has 1 rings (SSSR count). The SMILES string of the molecule is N#CC(C#N)=C(C#N)Nc1ccc(OC(F)(F)F)cc1C(=O)C(F)(F)F. The molecule has 0 atom stereocenters. The molecule has 12 heteroatoms. The lowest BCUT2D eigenvalue weighted by atomic mass is 10.1. The smallest absolute Gasteiger partial charge is 0.406 e. The van der Waals surface area contributed by atoms with Gasteiger partial charge in [0.15, 0.2) is 5.57 Å². The van der Waals surface area contributed by atoms with Crippen LogP contribution in [0, 0.1) is 34.0 Å². The number of ether oxygens (including phenoxy) is 1. The van der Waals surface area contributed by atoms with Crippen LogP contribution in [-0.2, 0) is 0 Å². The Bertz CT molecular complexity index is 865. The Labute approximate surface area is 141 Å².